The molecule has 36 heavy (non-hydrogen) atoms. The normalized spacial score (nSPS) is 14.9. The average Bonchev–Trinajstić information content (AvgIpc) is 2.94. The zero-order valence-corrected chi connectivity index (χ0v) is 24.0. The maximum absolute atomic E-state index is 2.57. The minimum absolute atomic E-state index is 0.226. The molecule has 0 fully saturated rings. The Balaban J connectivity index is 1.87. The van der Waals surface area contributed by atoms with Crippen LogP contribution in [0.15, 0.2) is 121 Å². The minimum atomic E-state index is -0.502. The largest absolute Gasteiger partial charge is 0.0654 e. The van der Waals surface area contributed by atoms with E-state index in [1.54, 1.807) is 0 Å². The van der Waals surface area contributed by atoms with Gasteiger partial charge in [0.25, 0.3) is 0 Å². The molecule has 0 aliphatic heterocycles. The van der Waals surface area contributed by atoms with E-state index >= 15 is 0 Å². The third-order valence-electron chi connectivity index (χ3n) is 7.95. The van der Waals surface area contributed by atoms with Gasteiger partial charge in [0.1, 0.15) is 0 Å². The van der Waals surface area contributed by atoms with Gasteiger partial charge in [0.15, 0.2) is 0 Å². The lowest BCUT2D eigenvalue weighted by atomic mass is 9.75. The standard InChI is InChI=1S/C34H40P2/c1-5-27-34(6-2,28(3)35(30-19-11-7-12-20-30)31-21-13-8-14-22-31)29(4)36(32-23-15-9-16-24-32)33-25-17-10-18-26-33/h7-26,28-29H,5-6,27H2,1-4H3. The number of hydrogen-bond acceptors (Lipinski definition) is 0. The molecule has 2 atom stereocenters. The van der Waals surface area contributed by atoms with Gasteiger partial charge in [0.2, 0.25) is 0 Å². The van der Waals surface area contributed by atoms with Crippen molar-refractivity contribution in [3.8, 4) is 0 Å². The van der Waals surface area contributed by atoms with Crippen LogP contribution < -0.4 is 21.2 Å². The van der Waals surface area contributed by atoms with Crippen molar-refractivity contribution in [3.63, 3.8) is 0 Å². The molecule has 0 aliphatic carbocycles. The predicted octanol–water partition coefficient (Wildman–Crippen LogP) is 8.23. The Hall–Kier alpha value is -2.26. The zero-order valence-electron chi connectivity index (χ0n) is 22.2. The molecule has 0 amide bonds. The van der Waals surface area contributed by atoms with Gasteiger partial charge < -0.3 is 0 Å². The molecule has 4 rings (SSSR count). The van der Waals surface area contributed by atoms with Gasteiger partial charge in [0.05, 0.1) is 0 Å². The monoisotopic (exact) mass is 510 g/mol. The second-order valence-electron chi connectivity index (χ2n) is 9.77. The van der Waals surface area contributed by atoms with Gasteiger partial charge in [0, 0.05) is 0 Å². The summed E-state index contributed by atoms with van der Waals surface area (Å²) < 4.78 is 0. The fraction of sp³-hybridized carbons (Fsp3) is 0.294. The molecule has 4 aromatic rings. The van der Waals surface area contributed by atoms with Crippen LogP contribution in [0, 0.1) is 5.41 Å². The summed E-state index contributed by atoms with van der Waals surface area (Å²) in [6, 6.07) is 45.3. The summed E-state index contributed by atoms with van der Waals surface area (Å²) in [7, 11) is -1.00. The molecule has 0 spiro atoms. The SMILES string of the molecule is CCCC(CC)(C(C)P(c1ccccc1)c1ccccc1)C(C)P(c1ccccc1)c1ccccc1. The Kier molecular flexibility index (Phi) is 9.53. The maximum Gasteiger partial charge on any atom is -0.00945 e. The molecule has 2 heteroatoms. The first-order valence-electron chi connectivity index (χ1n) is 13.4. The number of hydrogen-bond donors (Lipinski definition) is 0. The quantitative estimate of drug-likeness (QED) is 0.178. The van der Waals surface area contributed by atoms with Crippen molar-refractivity contribution in [2.45, 2.75) is 58.3 Å². The maximum atomic E-state index is 2.57. The van der Waals surface area contributed by atoms with Gasteiger partial charge in [-0.25, -0.2) is 0 Å². The van der Waals surface area contributed by atoms with Gasteiger partial charge in [-0.05, 0) is 66.6 Å². The summed E-state index contributed by atoms with van der Waals surface area (Å²) in [5.74, 6) is 0. The fourth-order valence-electron chi connectivity index (χ4n) is 6.06. The lowest BCUT2D eigenvalue weighted by Crippen LogP contribution is -2.45. The third-order valence-corrected chi connectivity index (χ3v) is 13.9. The van der Waals surface area contributed by atoms with Crippen molar-refractivity contribution >= 4 is 37.1 Å². The van der Waals surface area contributed by atoms with Crippen LogP contribution in [0.4, 0.5) is 0 Å². The molecule has 0 heterocycles. The highest BCUT2D eigenvalue weighted by molar-refractivity contribution is 7.74. The first-order chi connectivity index (χ1) is 17.6. The summed E-state index contributed by atoms with van der Waals surface area (Å²) in [6.07, 6.45) is 3.66. The second-order valence-corrected chi connectivity index (χ2v) is 14.9. The Morgan fingerprint density at radius 3 is 1.00 bits per heavy atom. The summed E-state index contributed by atoms with van der Waals surface area (Å²) >= 11 is 0. The van der Waals surface area contributed by atoms with Crippen LogP contribution in [0.25, 0.3) is 0 Å². The van der Waals surface area contributed by atoms with E-state index in [0.717, 1.165) is 0 Å². The topological polar surface area (TPSA) is 0 Å². The summed E-state index contributed by atoms with van der Waals surface area (Å²) in [6.45, 7) is 9.98. The number of rotatable bonds is 11. The Morgan fingerprint density at radius 2 is 0.778 bits per heavy atom. The van der Waals surface area contributed by atoms with Gasteiger partial charge in [-0.2, -0.15) is 0 Å². The molecule has 2 unspecified atom stereocenters. The first-order valence-corrected chi connectivity index (χ1v) is 16.2. The van der Waals surface area contributed by atoms with Crippen molar-refractivity contribution in [2.75, 3.05) is 0 Å². The average molecular weight is 511 g/mol. The van der Waals surface area contributed by atoms with Gasteiger partial charge in [-0.15, -0.1) is 0 Å². The van der Waals surface area contributed by atoms with E-state index in [2.05, 4.69) is 149 Å². The van der Waals surface area contributed by atoms with Crippen molar-refractivity contribution < 1.29 is 0 Å². The van der Waals surface area contributed by atoms with Crippen LogP contribution in [0.3, 0.4) is 0 Å². The molecular weight excluding hydrogens is 470 g/mol. The molecule has 0 N–H and O–H groups in total. The molecule has 0 aromatic heterocycles. The van der Waals surface area contributed by atoms with E-state index in [-0.39, 0.29) is 5.41 Å². The zero-order chi connectivity index (χ0) is 25.4. The molecule has 0 saturated heterocycles. The third kappa shape index (κ3) is 5.67. The Morgan fingerprint density at radius 1 is 0.500 bits per heavy atom. The molecule has 4 aromatic carbocycles. The van der Waals surface area contributed by atoms with E-state index in [4.69, 9.17) is 0 Å². The molecule has 186 valence electrons. The van der Waals surface area contributed by atoms with Crippen LogP contribution in [0.5, 0.6) is 0 Å². The summed E-state index contributed by atoms with van der Waals surface area (Å²) in [5, 5.41) is 5.99. The van der Waals surface area contributed by atoms with Crippen LogP contribution in [-0.2, 0) is 0 Å². The molecule has 0 saturated carbocycles. The minimum Gasteiger partial charge on any atom is -0.0654 e. The molecule has 0 aliphatic rings. The van der Waals surface area contributed by atoms with Gasteiger partial charge in [-0.1, -0.05) is 155 Å². The van der Waals surface area contributed by atoms with Crippen LogP contribution in [0.1, 0.15) is 47.0 Å². The van der Waals surface area contributed by atoms with Gasteiger partial charge >= 0.3 is 0 Å². The molecular formula is C34H40P2. The lowest BCUT2D eigenvalue weighted by molar-refractivity contribution is 0.241. The summed E-state index contributed by atoms with van der Waals surface area (Å²) in [5.41, 5.74) is 1.33. The Labute approximate surface area is 221 Å². The van der Waals surface area contributed by atoms with E-state index in [0.29, 0.717) is 11.3 Å². The molecule has 0 nitrogen and oxygen atoms in total. The van der Waals surface area contributed by atoms with Crippen molar-refractivity contribution in [1.29, 1.82) is 0 Å². The van der Waals surface area contributed by atoms with Crippen LogP contribution in [-0.4, -0.2) is 11.3 Å². The van der Waals surface area contributed by atoms with Crippen LogP contribution >= 0.6 is 15.8 Å². The second kappa shape index (κ2) is 12.8. The Bertz CT molecular complexity index is 991. The van der Waals surface area contributed by atoms with Crippen LogP contribution in [0.2, 0.25) is 0 Å². The van der Waals surface area contributed by atoms with Gasteiger partial charge in [-0.3, -0.25) is 0 Å². The highest BCUT2D eigenvalue weighted by atomic mass is 31.1. The van der Waals surface area contributed by atoms with Crippen molar-refractivity contribution in [2.24, 2.45) is 5.41 Å². The van der Waals surface area contributed by atoms with E-state index in [1.807, 2.05) is 0 Å². The molecule has 0 bridgehead atoms. The lowest BCUT2D eigenvalue weighted by Gasteiger charge is -2.50. The first kappa shape index (κ1) is 26.8. The number of benzene rings is 4. The van der Waals surface area contributed by atoms with E-state index in [1.165, 1.54) is 40.5 Å². The van der Waals surface area contributed by atoms with Crippen molar-refractivity contribution in [1.82, 2.24) is 0 Å². The summed E-state index contributed by atoms with van der Waals surface area (Å²) in [4.78, 5) is 0. The predicted molar refractivity (Wildman–Crippen MR) is 165 cm³/mol. The highest BCUT2D eigenvalue weighted by Gasteiger charge is 2.46. The van der Waals surface area contributed by atoms with E-state index < -0.39 is 15.8 Å². The fourth-order valence-corrected chi connectivity index (χ4v) is 12.6. The van der Waals surface area contributed by atoms with E-state index in [9.17, 15) is 0 Å². The molecule has 0 radical (unpaired) electrons. The smallest absolute Gasteiger partial charge is 0.00945 e. The highest BCUT2D eigenvalue weighted by Crippen LogP contribution is 2.59. The van der Waals surface area contributed by atoms with Crippen molar-refractivity contribution in [3.05, 3.63) is 121 Å².